The molecular formula is C13H21NO3. The Balaban J connectivity index is 2.69. The molecule has 1 aromatic rings. The van der Waals surface area contributed by atoms with Gasteiger partial charge in [0.15, 0.2) is 0 Å². The maximum Gasteiger partial charge on any atom is 0.122 e. The first-order chi connectivity index (χ1) is 8.23. The van der Waals surface area contributed by atoms with E-state index in [9.17, 15) is 0 Å². The zero-order valence-electron chi connectivity index (χ0n) is 10.7. The van der Waals surface area contributed by atoms with Gasteiger partial charge in [-0.1, -0.05) is 6.92 Å². The van der Waals surface area contributed by atoms with Crippen LogP contribution in [0.5, 0.6) is 11.5 Å². The zero-order chi connectivity index (χ0) is 12.7. The monoisotopic (exact) mass is 239 g/mol. The third-order valence-corrected chi connectivity index (χ3v) is 2.72. The molecule has 4 nitrogen and oxygen atoms in total. The third-order valence-electron chi connectivity index (χ3n) is 2.72. The van der Waals surface area contributed by atoms with Crippen molar-refractivity contribution in [3.63, 3.8) is 0 Å². The Morgan fingerprint density at radius 2 is 1.76 bits per heavy atom. The van der Waals surface area contributed by atoms with Gasteiger partial charge in [0.1, 0.15) is 11.5 Å². The van der Waals surface area contributed by atoms with Gasteiger partial charge < -0.3 is 19.9 Å². The first kappa shape index (κ1) is 13.8. The van der Waals surface area contributed by atoms with Gasteiger partial charge in [-0.05, 0) is 24.1 Å². The molecular weight excluding hydrogens is 218 g/mol. The van der Waals surface area contributed by atoms with Crippen molar-refractivity contribution < 1.29 is 14.6 Å². The summed E-state index contributed by atoms with van der Waals surface area (Å²) in [5.74, 6) is 1.55. The first-order valence-corrected chi connectivity index (χ1v) is 5.79. The first-order valence-electron chi connectivity index (χ1n) is 5.79. The van der Waals surface area contributed by atoms with E-state index in [4.69, 9.17) is 14.6 Å². The van der Waals surface area contributed by atoms with E-state index >= 15 is 0 Å². The summed E-state index contributed by atoms with van der Waals surface area (Å²) in [4.78, 5) is 0. The molecule has 0 aliphatic rings. The van der Waals surface area contributed by atoms with Gasteiger partial charge in [-0.2, -0.15) is 0 Å². The normalized spacial score (nSPS) is 12.2. The summed E-state index contributed by atoms with van der Waals surface area (Å²) in [6.07, 6.45) is 0.900. The highest BCUT2D eigenvalue weighted by molar-refractivity contribution is 5.38. The molecule has 0 fully saturated rings. The van der Waals surface area contributed by atoms with Crippen LogP contribution in [0.1, 0.15) is 18.9 Å². The number of hydrogen-bond acceptors (Lipinski definition) is 4. The minimum atomic E-state index is 0.132. The molecule has 1 atom stereocenters. The number of aliphatic hydroxyl groups is 1. The Morgan fingerprint density at radius 3 is 2.18 bits per heavy atom. The summed E-state index contributed by atoms with van der Waals surface area (Å²) in [7, 11) is 3.27. The van der Waals surface area contributed by atoms with Crippen LogP contribution in [0.15, 0.2) is 18.2 Å². The Hall–Kier alpha value is -1.26. The molecule has 4 heteroatoms. The largest absolute Gasteiger partial charge is 0.497 e. The van der Waals surface area contributed by atoms with Crippen molar-refractivity contribution in [2.24, 2.45) is 0 Å². The number of hydrogen-bond donors (Lipinski definition) is 2. The fourth-order valence-electron chi connectivity index (χ4n) is 1.57. The van der Waals surface area contributed by atoms with Crippen LogP contribution in [0.4, 0.5) is 0 Å². The number of benzene rings is 1. The van der Waals surface area contributed by atoms with Crippen LogP contribution in [0, 0.1) is 0 Å². The van der Waals surface area contributed by atoms with E-state index in [1.165, 1.54) is 0 Å². The second-order valence-corrected chi connectivity index (χ2v) is 3.89. The van der Waals surface area contributed by atoms with Crippen LogP contribution in [-0.4, -0.2) is 32.0 Å². The molecule has 0 amide bonds. The van der Waals surface area contributed by atoms with Gasteiger partial charge in [-0.15, -0.1) is 0 Å². The van der Waals surface area contributed by atoms with Crippen molar-refractivity contribution in [3.05, 3.63) is 23.8 Å². The van der Waals surface area contributed by atoms with E-state index in [2.05, 4.69) is 5.32 Å². The van der Waals surface area contributed by atoms with E-state index in [1.54, 1.807) is 14.2 Å². The minimum absolute atomic E-state index is 0.132. The Labute approximate surface area is 103 Å². The van der Waals surface area contributed by atoms with Crippen LogP contribution in [0.2, 0.25) is 0 Å². The lowest BCUT2D eigenvalue weighted by Crippen LogP contribution is -2.31. The van der Waals surface area contributed by atoms with Crippen molar-refractivity contribution in [1.29, 1.82) is 0 Å². The van der Waals surface area contributed by atoms with E-state index in [-0.39, 0.29) is 12.6 Å². The quantitative estimate of drug-likeness (QED) is 0.758. The van der Waals surface area contributed by atoms with Gasteiger partial charge in [0.2, 0.25) is 0 Å². The molecule has 2 N–H and O–H groups in total. The van der Waals surface area contributed by atoms with Crippen molar-refractivity contribution in [1.82, 2.24) is 5.32 Å². The molecule has 96 valence electrons. The maximum atomic E-state index is 9.09. The predicted molar refractivity (Wildman–Crippen MR) is 67.6 cm³/mol. The summed E-state index contributed by atoms with van der Waals surface area (Å²) in [5, 5.41) is 12.4. The molecule has 0 unspecified atom stereocenters. The van der Waals surface area contributed by atoms with E-state index in [0.717, 1.165) is 23.5 Å². The van der Waals surface area contributed by atoms with Gasteiger partial charge in [-0.3, -0.25) is 0 Å². The molecule has 17 heavy (non-hydrogen) atoms. The zero-order valence-corrected chi connectivity index (χ0v) is 10.7. The number of rotatable bonds is 7. The molecule has 0 heterocycles. The number of aliphatic hydroxyl groups excluding tert-OH is 1. The van der Waals surface area contributed by atoms with Crippen LogP contribution >= 0.6 is 0 Å². The smallest absolute Gasteiger partial charge is 0.122 e. The lowest BCUT2D eigenvalue weighted by Gasteiger charge is -2.15. The van der Waals surface area contributed by atoms with Crippen molar-refractivity contribution in [2.75, 3.05) is 20.8 Å². The molecule has 0 aromatic heterocycles. The Bertz CT molecular complexity index is 315. The fraction of sp³-hybridized carbons (Fsp3) is 0.538. The Morgan fingerprint density at radius 1 is 1.18 bits per heavy atom. The van der Waals surface area contributed by atoms with Crippen molar-refractivity contribution in [3.8, 4) is 11.5 Å². The second-order valence-electron chi connectivity index (χ2n) is 3.89. The average molecular weight is 239 g/mol. The van der Waals surface area contributed by atoms with Gasteiger partial charge in [0, 0.05) is 18.7 Å². The van der Waals surface area contributed by atoms with E-state index < -0.39 is 0 Å². The van der Waals surface area contributed by atoms with Crippen LogP contribution in [0.25, 0.3) is 0 Å². The number of methoxy groups -OCH3 is 2. The molecule has 1 rings (SSSR count). The lowest BCUT2D eigenvalue weighted by atomic mass is 10.1. The Kier molecular flexibility index (Phi) is 5.80. The van der Waals surface area contributed by atoms with E-state index in [1.807, 2.05) is 25.1 Å². The lowest BCUT2D eigenvalue weighted by molar-refractivity contribution is 0.238. The molecule has 0 bridgehead atoms. The highest BCUT2D eigenvalue weighted by Gasteiger charge is 2.05. The van der Waals surface area contributed by atoms with Crippen LogP contribution in [-0.2, 0) is 6.54 Å². The molecule has 0 spiro atoms. The second kappa shape index (κ2) is 7.14. The van der Waals surface area contributed by atoms with Gasteiger partial charge in [-0.25, -0.2) is 0 Å². The minimum Gasteiger partial charge on any atom is -0.497 e. The summed E-state index contributed by atoms with van der Waals surface area (Å²) in [6.45, 7) is 2.88. The molecule has 0 aliphatic heterocycles. The summed E-state index contributed by atoms with van der Waals surface area (Å²) >= 11 is 0. The SMILES string of the molecule is CC[C@@H](CO)NCc1cc(OC)cc(OC)c1. The molecule has 0 aliphatic carbocycles. The van der Waals surface area contributed by atoms with Crippen molar-refractivity contribution in [2.45, 2.75) is 25.9 Å². The van der Waals surface area contributed by atoms with Crippen LogP contribution < -0.4 is 14.8 Å². The topological polar surface area (TPSA) is 50.7 Å². The van der Waals surface area contributed by atoms with E-state index in [0.29, 0.717) is 6.54 Å². The third kappa shape index (κ3) is 4.24. The molecule has 1 aromatic carbocycles. The fourth-order valence-corrected chi connectivity index (χ4v) is 1.57. The molecule has 0 radical (unpaired) electrons. The summed E-state index contributed by atoms with van der Waals surface area (Å²) in [6, 6.07) is 5.89. The highest BCUT2D eigenvalue weighted by atomic mass is 16.5. The van der Waals surface area contributed by atoms with Gasteiger partial charge in [0.25, 0.3) is 0 Å². The predicted octanol–water partition coefficient (Wildman–Crippen LogP) is 1.56. The van der Waals surface area contributed by atoms with Gasteiger partial charge >= 0.3 is 0 Å². The standard InChI is InChI=1S/C13H21NO3/c1-4-11(9-15)14-8-10-5-12(16-2)7-13(6-10)17-3/h5-7,11,14-15H,4,8-9H2,1-3H3/t11-/m0/s1. The molecule has 0 saturated carbocycles. The average Bonchev–Trinajstić information content (AvgIpc) is 2.39. The number of nitrogens with one attached hydrogen (secondary N) is 1. The number of ether oxygens (including phenoxy) is 2. The summed E-state index contributed by atoms with van der Waals surface area (Å²) < 4.78 is 10.4. The molecule has 0 saturated heterocycles. The maximum absolute atomic E-state index is 9.09. The highest BCUT2D eigenvalue weighted by Crippen LogP contribution is 2.22. The summed E-state index contributed by atoms with van der Waals surface area (Å²) in [5.41, 5.74) is 1.08. The van der Waals surface area contributed by atoms with Crippen molar-refractivity contribution >= 4 is 0 Å². The van der Waals surface area contributed by atoms with Crippen LogP contribution in [0.3, 0.4) is 0 Å². The van der Waals surface area contributed by atoms with Gasteiger partial charge in [0.05, 0.1) is 20.8 Å².